The largest absolute Gasteiger partial charge is 0.496 e. The van der Waals surface area contributed by atoms with E-state index in [9.17, 15) is 14.7 Å². The molecule has 6 nitrogen and oxygen atoms in total. The van der Waals surface area contributed by atoms with Gasteiger partial charge in [-0.05, 0) is 36.1 Å². The molecule has 6 heteroatoms. The summed E-state index contributed by atoms with van der Waals surface area (Å²) in [4.78, 5) is 24.5. The second kappa shape index (κ2) is 9.07. The number of allylic oxidation sites excluding steroid dienone is 2. The van der Waals surface area contributed by atoms with Crippen LogP contribution in [0.1, 0.15) is 37.7 Å². The molecule has 1 atom stereocenters. The number of carboxylic acids is 1. The highest BCUT2D eigenvalue weighted by Crippen LogP contribution is 2.48. The molecule has 0 unspecified atom stereocenters. The quantitative estimate of drug-likeness (QED) is 0.640. The Morgan fingerprint density at radius 3 is 2.22 bits per heavy atom. The minimum absolute atomic E-state index is 0.124. The molecule has 2 aliphatic carbocycles. The molecular weight excluding hydrogens is 406 g/mol. The Balaban J connectivity index is 1.61. The number of benzene rings is 2. The third kappa shape index (κ3) is 3.97. The summed E-state index contributed by atoms with van der Waals surface area (Å²) in [7, 11) is 3.19. The number of hydrogen-bond acceptors (Lipinski definition) is 5. The number of hydrogen-bond donors (Lipinski definition) is 2. The first-order valence-electron chi connectivity index (χ1n) is 11.0. The fraction of sp³-hybridized carbons (Fsp3) is 0.385. The molecule has 0 amide bonds. The molecule has 1 saturated carbocycles. The van der Waals surface area contributed by atoms with Crippen molar-refractivity contribution in [1.29, 1.82) is 0 Å². The molecule has 32 heavy (non-hydrogen) atoms. The topological polar surface area (TPSA) is 84.9 Å². The molecule has 0 aliphatic heterocycles. The summed E-state index contributed by atoms with van der Waals surface area (Å²) in [6.45, 7) is 0. The summed E-state index contributed by atoms with van der Waals surface area (Å²) >= 11 is 0. The van der Waals surface area contributed by atoms with Gasteiger partial charge in [0.2, 0.25) is 0 Å². The molecule has 2 aromatic carbocycles. The maximum atomic E-state index is 12.4. The molecule has 0 heterocycles. The molecule has 2 aliphatic rings. The van der Waals surface area contributed by atoms with Gasteiger partial charge in [0, 0.05) is 18.2 Å². The highest BCUT2D eigenvalue weighted by molar-refractivity contribution is 6.05. The molecule has 2 aromatic rings. The Kier molecular flexibility index (Phi) is 6.21. The van der Waals surface area contributed by atoms with E-state index in [2.05, 4.69) is 5.32 Å². The van der Waals surface area contributed by atoms with E-state index in [-0.39, 0.29) is 12.2 Å². The van der Waals surface area contributed by atoms with Gasteiger partial charge in [0.25, 0.3) is 0 Å². The van der Waals surface area contributed by atoms with Crippen LogP contribution in [0.25, 0.3) is 11.1 Å². The number of rotatable bonds is 8. The molecule has 0 saturated heterocycles. The lowest BCUT2D eigenvalue weighted by Gasteiger charge is -2.44. The van der Waals surface area contributed by atoms with Crippen molar-refractivity contribution < 1.29 is 24.2 Å². The molecule has 0 bridgehead atoms. The summed E-state index contributed by atoms with van der Waals surface area (Å²) in [6, 6.07) is 12.7. The van der Waals surface area contributed by atoms with Crippen molar-refractivity contribution in [2.24, 2.45) is 5.41 Å². The van der Waals surface area contributed by atoms with E-state index in [0.717, 1.165) is 54.5 Å². The van der Waals surface area contributed by atoms with Crippen molar-refractivity contribution in [3.8, 4) is 22.6 Å². The molecular formula is C26H29NO5. The zero-order chi connectivity index (χ0) is 22.7. The maximum absolute atomic E-state index is 12.4. The van der Waals surface area contributed by atoms with Crippen molar-refractivity contribution in [2.45, 2.75) is 44.6 Å². The van der Waals surface area contributed by atoms with Gasteiger partial charge in [-0.1, -0.05) is 49.6 Å². The second-order valence-corrected chi connectivity index (χ2v) is 8.55. The van der Waals surface area contributed by atoms with Crippen molar-refractivity contribution in [3.63, 3.8) is 0 Å². The number of ether oxygens (including phenoxy) is 2. The summed E-state index contributed by atoms with van der Waals surface area (Å²) in [6.07, 6.45) is 6.52. The van der Waals surface area contributed by atoms with Gasteiger partial charge in [0.15, 0.2) is 5.78 Å². The average Bonchev–Trinajstić information content (AvgIpc) is 2.83. The van der Waals surface area contributed by atoms with E-state index < -0.39 is 17.4 Å². The Morgan fingerprint density at radius 1 is 1.06 bits per heavy atom. The van der Waals surface area contributed by atoms with E-state index in [1.54, 1.807) is 20.3 Å². The molecule has 2 N–H and O–H groups in total. The first-order chi connectivity index (χ1) is 15.5. The van der Waals surface area contributed by atoms with Gasteiger partial charge < -0.3 is 19.9 Å². The van der Waals surface area contributed by atoms with Crippen molar-refractivity contribution >= 4 is 11.8 Å². The molecule has 1 spiro atoms. The fourth-order valence-electron chi connectivity index (χ4n) is 4.91. The standard InChI is InChI=1S/C26H29NO5/c1-31-20-14-17(15-21(32-2)24(20)18-9-5-3-6-10-18)13-19(25(29)30)27-22-16-23(28)26(22)11-7-4-8-12-26/h3,5-6,9-10,14-16,19,27H,4,7-8,11-13H2,1-2H3,(H,29,30)/t19-/m0/s1. The summed E-state index contributed by atoms with van der Waals surface area (Å²) in [5.74, 6) is 0.411. The molecule has 0 aromatic heterocycles. The maximum Gasteiger partial charge on any atom is 0.326 e. The van der Waals surface area contributed by atoms with Crippen molar-refractivity contribution in [2.75, 3.05) is 14.2 Å². The van der Waals surface area contributed by atoms with Gasteiger partial charge >= 0.3 is 5.97 Å². The molecule has 168 valence electrons. The van der Waals surface area contributed by atoms with Gasteiger partial charge in [-0.2, -0.15) is 0 Å². The number of ketones is 1. The normalized spacial score (nSPS) is 17.8. The molecule has 1 fully saturated rings. The van der Waals surface area contributed by atoms with E-state index >= 15 is 0 Å². The summed E-state index contributed by atoms with van der Waals surface area (Å²) in [5.41, 5.74) is 2.83. The van der Waals surface area contributed by atoms with E-state index in [1.807, 2.05) is 42.5 Å². The van der Waals surface area contributed by atoms with E-state index in [0.29, 0.717) is 11.5 Å². The van der Waals surface area contributed by atoms with Gasteiger partial charge in [-0.15, -0.1) is 0 Å². The number of methoxy groups -OCH3 is 2. The zero-order valence-corrected chi connectivity index (χ0v) is 18.5. The number of carbonyl (C=O) groups excluding carboxylic acids is 1. The monoisotopic (exact) mass is 435 g/mol. The average molecular weight is 436 g/mol. The lowest BCUT2D eigenvalue weighted by molar-refractivity contribution is -0.140. The van der Waals surface area contributed by atoms with Crippen LogP contribution >= 0.6 is 0 Å². The Bertz CT molecular complexity index is 1010. The highest BCUT2D eigenvalue weighted by Gasteiger charge is 2.49. The van der Waals surface area contributed by atoms with Crippen LogP contribution < -0.4 is 14.8 Å². The third-order valence-corrected chi connectivity index (χ3v) is 6.67. The SMILES string of the molecule is COc1cc(C[C@H](NC2=CC(=O)C23CCCCC3)C(=O)O)cc(OC)c1-c1ccccc1. The van der Waals surface area contributed by atoms with E-state index in [1.165, 1.54) is 0 Å². The van der Waals surface area contributed by atoms with Gasteiger partial charge in [-0.25, -0.2) is 4.79 Å². The van der Waals surface area contributed by atoms with Crippen LogP contribution in [0.4, 0.5) is 0 Å². The number of aliphatic carboxylic acids is 1. The van der Waals surface area contributed by atoms with Crippen LogP contribution in [-0.2, 0) is 16.0 Å². The first kappa shape index (κ1) is 21.9. The van der Waals surface area contributed by atoms with Gasteiger partial charge in [0.1, 0.15) is 17.5 Å². The Labute approximate surface area is 188 Å². The summed E-state index contributed by atoms with van der Waals surface area (Å²) in [5, 5.41) is 13.1. The van der Waals surface area contributed by atoms with Crippen LogP contribution in [0, 0.1) is 5.41 Å². The highest BCUT2D eigenvalue weighted by atomic mass is 16.5. The van der Waals surface area contributed by atoms with Crippen LogP contribution in [0.15, 0.2) is 54.2 Å². The summed E-state index contributed by atoms with van der Waals surface area (Å²) < 4.78 is 11.3. The second-order valence-electron chi connectivity index (χ2n) is 8.55. The minimum atomic E-state index is -0.957. The smallest absolute Gasteiger partial charge is 0.326 e. The molecule has 0 radical (unpaired) electrons. The Hall–Kier alpha value is -3.28. The van der Waals surface area contributed by atoms with Crippen molar-refractivity contribution in [1.82, 2.24) is 5.32 Å². The predicted octanol–water partition coefficient (Wildman–Crippen LogP) is 4.37. The van der Waals surface area contributed by atoms with Gasteiger partial charge in [-0.3, -0.25) is 4.79 Å². The van der Waals surface area contributed by atoms with Crippen molar-refractivity contribution in [3.05, 3.63) is 59.8 Å². The minimum Gasteiger partial charge on any atom is -0.496 e. The van der Waals surface area contributed by atoms with Gasteiger partial charge in [0.05, 0.1) is 25.2 Å². The lowest BCUT2D eigenvalue weighted by atomic mass is 9.62. The Morgan fingerprint density at radius 2 is 1.69 bits per heavy atom. The zero-order valence-electron chi connectivity index (χ0n) is 18.5. The fourth-order valence-corrected chi connectivity index (χ4v) is 4.91. The van der Waals surface area contributed by atoms with Crippen LogP contribution in [0.5, 0.6) is 11.5 Å². The first-order valence-corrected chi connectivity index (χ1v) is 11.0. The van der Waals surface area contributed by atoms with E-state index in [4.69, 9.17) is 9.47 Å². The molecule has 4 rings (SSSR count). The number of carbonyl (C=O) groups is 2. The predicted molar refractivity (Wildman–Crippen MR) is 122 cm³/mol. The van der Waals surface area contributed by atoms with Crippen LogP contribution in [-0.4, -0.2) is 37.1 Å². The van der Waals surface area contributed by atoms with Crippen LogP contribution in [0.3, 0.4) is 0 Å². The van der Waals surface area contributed by atoms with Crippen LogP contribution in [0.2, 0.25) is 0 Å². The number of nitrogens with one attached hydrogen (secondary N) is 1. The third-order valence-electron chi connectivity index (χ3n) is 6.67. The number of carboxylic acid groups (broad SMARTS) is 1. The lowest BCUT2D eigenvalue weighted by Crippen LogP contribution is -2.51.